The van der Waals surface area contributed by atoms with Gasteiger partial charge in [-0.2, -0.15) is 11.8 Å². The van der Waals surface area contributed by atoms with E-state index in [-0.39, 0.29) is 11.8 Å². The lowest BCUT2D eigenvalue weighted by atomic mass is 9.97. The summed E-state index contributed by atoms with van der Waals surface area (Å²) in [5.74, 6) is 3.46. The second-order valence-electron chi connectivity index (χ2n) is 7.07. The molecular weight excluding hydrogens is 348 g/mol. The summed E-state index contributed by atoms with van der Waals surface area (Å²) in [4.78, 5) is 21.5. The first-order valence-corrected chi connectivity index (χ1v) is 10.5. The highest BCUT2D eigenvalue weighted by Gasteiger charge is 2.29. The molecular formula is C19H28N4O2S. The zero-order chi connectivity index (χ0) is 18.5. The molecule has 0 aromatic carbocycles. The minimum Gasteiger partial charge on any atom is -0.455 e. The molecule has 26 heavy (non-hydrogen) atoms. The second kappa shape index (κ2) is 8.77. The number of furan rings is 1. The second-order valence-corrected chi connectivity index (χ2v) is 7.94. The number of carbonyl (C=O) groups is 1. The van der Waals surface area contributed by atoms with Crippen LogP contribution >= 0.6 is 11.8 Å². The van der Waals surface area contributed by atoms with Crippen molar-refractivity contribution in [2.24, 2.45) is 0 Å². The number of thioether (sulfide) groups is 1. The molecule has 1 fully saturated rings. The quantitative estimate of drug-likeness (QED) is 0.744. The van der Waals surface area contributed by atoms with Crippen LogP contribution < -0.4 is 0 Å². The topological polar surface area (TPSA) is 54.5 Å². The normalized spacial score (nSPS) is 17.8. The third-order valence-electron chi connectivity index (χ3n) is 4.77. The molecule has 0 bridgehead atoms. The highest BCUT2D eigenvalue weighted by molar-refractivity contribution is 7.97. The number of hydrogen-bond donors (Lipinski definition) is 0. The van der Waals surface area contributed by atoms with Crippen LogP contribution in [0.4, 0.5) is 0 Å². The number of nitrogens with zero attached hydrogens (tertiary/aromatic N) is 4. The van der Waals surface area contributed by atoms with Crippen molar-refractivity contribution in [1.82, 2.24) is 19.4 Å². The molecule has 2 aromatic heterocycles. The average molecular weight is 377 g/mol. The maximum absolute atomic E-state index is 12.8. The van der Waals surface area contributed by atoms with Crippen molar-refractivity contribution in [2.45, 2.75) is 31.1 Å². The summed E-state index contributed by atoms with van der Waals surface area (Å²) in [6, 6.07) is 3.70. The minimum atomic E-state index is -0.00606. The summed E-state index contributed by atoms with van der Waals surface area (Å²) in [6.45, 7) is 3.38. The Balaban J connectivity index is 1.67. The molecule has 3 rings (SSSR count). The van der Waals surface area contributed by atoms with Crippen LogP contribution in [-0.2, 0) is 12.3 Å². The zero-order valence-corrected chi connectivity index (χ0v) is 16.7. The smallest absolute Gasteiger partial charge is 0.289 e. The van der Waals surface area contributed by atoms with Crippen molar-refractivity contribution < 1.29 is 9.21 Å². The number of rotatable bonds is 7. The number of carbonyl (C=O) groups excluding carboxylic acids is 1. The Morgan fingerprint density at radius 3 is 3.04 bits per heavy atom. The highest BCUT2D eigenvalue weighted by atomic mass is 32.2. The highest BCUT2D eigenvalue weighted by Crippen LogP contribution is 2.27. The standard InChI is InChI=1S/C19H28N4O2S/c1-21(2)11-12-22-10-8-20-18(22)15-5-4-9-23(13-15)19(24)17-7-6-16(25-17)14-26-3/h6-8,10,15H,4-5,9,11-14H2,1-3H3/t15-/m1/s1. The van der Waals surface area contributed by atoms with Crippen molar-refractivity contribution in [2.75, 3.05) is 40.0 Å². The van der Waals surface area contributed by atoms with E-state index in [0.717, 1.165) is 49.8 Å². The predicted molar refractivity (Wildman–Crippen MR) is 105 cm³/mol. The van der Waals surface area contributed by atoms with Crippen molar-refractivity contribution >= 4 is 17.7 Å². The number of likely N-dealkylation sites (N-methyl/N-ethyl adjacent to an activating group) is 1. The monoisotopic (exact) mass is 376 g/mol. The summed E-state index contributed by atoms with van der Waals surface area (Å²) >= 11 is 1.69. The van der Waals surface area contributed by atoms with Gasteiger partial charge in [-0.05, 0) is 45.3 Å². The van der Waals surface area contributed by atoms with E-state index in [0.29, 0.717) is 12.3 Å². The van der Waals surface area contributed by atoms with Crippen LogP contribution in [0.2, 0.25) is 0 Å². The van der Waals surface area contributed by atoms with E-state index in [9.17, 15) is 4.79 Å². The van der Waals surface area contributed by atoms with Crippen molar-refractivity contribution in [3.63, 3.8) is 0 Å². The molecule has 0 N–H and O–H groups in total. The molecule has 1 saturated heterocycles. The lowest BCUT2D eigenvalue weighted by Crippen LogP contribution is -2.39. The summed E-state index contributed by atoms with van der Waals surface area (Å²) in [6.07, 6.45) is 8.00. The Hall–Kier alpha value is -1.73. The van der Waals surface area contributed by atoms with E-state index >= 15 is 0 Å². The van der Waals surface area contributed by atoms with E-state index in [1.54, 1.807) is 17.8 Å². The van der Waals surface area contributed by atoms with E-state index < -0.39 is 0 Å². The van der Waals surface area contributed by atoms with Gasteiger partial charge in [-0.1, -0.05) is 0 Å². The van der Waals surface area contributed by atoms with Crippen molar-refractivity contribution in [3.8, 4) is 0 Å². The Morgan fingerprint density at radius 2 is 2.27 bits per heavy atom. The van der Waals surface area contributed by atoms with Gasteiger partial charge in [0.05, 0.1) is 5.75 Å². The molecule has 0 saturated carbocycles. The molecule has 1 aliphatic rings. The van der Waals surface area contributed by atoms with E-state index in [1.807, 2.05) is 29.6 Å². The molecule has 6 nitrogen and oxygen atoms in total. The number of amides is 1. The van der Waals surface area contributed by atoms with Crippen LogP contribution in [0.5, 0.6) is 0 Å². The van der Waals surface area contributed by atoms with Crippen molar-refractivity contribution in [1.29, 1.82) is 0 Å². The third kappa shape index (κ3) is 4.51. The summed E-state index contributed by atoms with van der Waals surface area (Å²) in [5, 5.41) is 0. The van der Waals surface area contributed by atoms with Gasteiger partial charge < -0.3 is 18.8 Å². The molecule has 142 valence electrons. The van der Waals surface area contributed by atoms with Gasteiger partial charge in [-0.25, -0.2) is 4.98 Å². The summed E-state index contributed by atoms with van der Waals surface area (Å²) in [7, 11) is 4.15. The van der Waals surface area contributed by atoms with E-state index in [1.165, 1.54) is 0 Å². The lowest BCUT2D eigenvalue weighted by Gasteiger charge is -2.32. The Labute approximate surface area is 159 Å². The third-order valence-corrected chi connectivity index (χ3v) is 5.34. The fourth-order valence-corrected chi connectivity index (χ4v) is 3.86. The number of piperidine rings is 1. The summed E-state index contributed by atoms with van der Waals surface area (Å²) < 4.78 is 7.94. The molecule has 3 heterocycles. The fraction of sp³-hybridized carbons (Fsp3) is 0.579. The van der Waals surface area contributed by atoms with Gasteiger partial charge in [0.2, 0.25) is 0 Å². The van der Waals surface area contributed by atoms with Crippen LogP contribution in [0.15, 0.2) is 28.9 Å². The molecule has 7 heteroatoms. The van der Waals surface area contributed by atoms with Gasteiger partial charge in [-0.15, -0.1) is 0 Å². The van der Waals surface area contributed by atoms with Crippen LogP contribution in [0.1, 0.15) is 40.9 Å². The van der Waals surface area contributed by atoms with Gasteiger partial charge in [0, 0.05) is 44.5 Å². The summed E-state index contributed by atoms with van der Waals surface area (Å²) in [5.41, 5.74) is 0. The number of likely N-dealkylation sites (tertiary alicyclic amines) is 1. The van der Waals surface area contributed by atoms with Crippen molar-refractivity contribution in [3.05, 3.63) is 41.9 Å². The Kier molecular flexibility index (Phi) is 6.43. The molecule has 1 aliphatic heterocycles. The molecule has 0 spiro atoms. The molecule has 0 unspecified atom stereocenters. The van der Waals surface area contributed by atoms with Crippen LogP contribution in [0, 0.1) is 0 Å². The maximum atomic E-state index is 12.8. The molecule has 0 aliphatic carbocycles. The minimum absolute atomic E-state index is 0.00606. The molecule has 2 aromatic rings. The van der Waals surface area contributed by atoms with Crippen LogP contribution in [-0.4, -0.2) is 65.2 Å². The van der Waals surface area contributed by atoms with Gasteiger partial charge in [0.15, 0.2) is 5.76 Å². The maximum Gasteiger partial charge on any atom is 0.289 e. The lowest BCUT2D eigenvalue weighted by molar-refractivity contribution is 0.0669. The number of aromatic nitrogens is 2. The van der Waals surface area contributed by atoms with Gasteiger partial charge >= 0.3 is 0 Å². The van der Waals surface area contributed by atoms with E-state index in [4.69, 9.17) is 4.42 Å². The Bertz CT molecular complexity index is 725. The first kappa shape index (κ1) is 19.0. The largest absolute Gasteiger partial charge is 0.455 e. The Morgan fingerprint density at radius 1 is 1.42 bits per heavy atom. The number of imidazole rings is 1. The van der Waals surface area contributed by atoms with Gasteiger partial charge in [0.25, 0.3) is 5.91 Å². The zero-order valence-electron chi connectivity index (χ0n) is 15.9. The van der Waals surface area contributed by atoms with Crippen LogP contribution in [0.3, 0.4) is 0 Å². The van der Waals surface area contributed by atoms with E-state index in [2.05, 4.69) is 28.5 Å². The predicted octanol–water partition coefficient (Wildman–Crippen LogP) is 2.92. The van der Waals surface area contributed by atoms with Crippen LogP contribution in [0.25, 0.3) is 0 Å². The number of hydrogen-bond acceptors (Lipinski definition) is 5. The van der Waals surface area contributed by atoms with Gasteiger partial charge in [-0.3, -0.25) is 4.79 Å². The first-order valence-electron chi connectivity index (χ1n) is 9.11. The molecule has 1 amide bonds. The van der Waals surface area contributed by atoms with Gasteiger partial charge in [0.1, 0.15) is 11.6 Å². The molecule has 1 atom stereocenters. The fourth-order valence-electron chi connectivity index (χ4n) is 3.42. The SMILES string of the molecule is CSCc1ccc(C(=O)N2CCC[C@@H](c3nccn3CCN(C)C)C2)o1. The first-order chi connectivity index (χ1) is 12.6. The average Bonchev–Trinajstić information content (AvgIpc) is 3.29. The molecule has 0 radical (unpaired) electrons.